The number of anilines is 1. The predicted octanol–water partition coefficient (Wildman–Crippen LogP) is 3.75. The quantitative estimate of drug-likeness (QED) is 0.776. The van der Waals surface area contributed by atoms with Gasteiger partial charge in [-0.25, -0.2) is 0 Å². The van der Waals surface area contributed by atoms with Crippen LogP contribution in [0.1, 0.15) is 56.5 Å². The minimum atomic E-state index is 0.0832. The summed E-state index contributed by atoms with van der Waals surface area (Å²) in [6, 6.07) is 4.97. The normalized spacial score (nSPS) is 14.2. The maximum absolute atomic E-state index is 5.68. The van der Waals surface area contributed by atoms with Crippen LogP contribution in [-0.2, 0) is 0 Å². The number of thiophene rings is 1. The highest BCUT2D eigenvalue weighted by atomic mass is 32.1. The summed E-state index contributed by atoms with van der Waals surface area (Å²) in [7, 11) is 0. The molecule has 2 aromatic heterocycles. The first-order valence-electron chi connectivity index (χ1n) is 7.11. The second-order valence-electron chi connectivity index (χ2n) is 4.74. The van der Waals surface area contributed by atoms with E-state index in [9.17, 15) is 0 Å². The van der Waals surface area contributed by atoms with Crippen molar-refractivity contribution >= 4 is 17.4 Å². The van der Waals surface area contributed by atoms with E-state index >= 15 is 0 Å². The SMILES string of the molecule is CCCNC(C)c1nnc(NC(CC)c2cccs2)o1. The summed E-state index contributed by atoms with van der Waals surface area (Å²) >= 11 is 1.73. The Morgan fingerprint density at radius 1 is 1.35 bits per heavy atom. The van der Waals surface area contributed by atoms with Gasteiger partial charge in [-0.3, -0.25) is 0 Å². The van der Waals surface area contributed by atoms with Crippen molar-refractivity contribution in [1.29, 1.82) is 0 Å². The molecule has 2 unspecified atom stereocenters. The number of hydrogen-bond donors (Lipinski definition) is 2. The van der Waals surface area contributed by atoms with Crippen LogP contribution in [0.2, 0.25) is 0 Å². The van der Waals surface area contributed by atoms with Gasteiger partial charge >= 0.3 is 6.01 Å². The second-order valence-corrected chi connectivity index (χ2v) is 5.72. The average Bonchev–Trinajstić information content (AvgIpc) is 3.13. The number of rotatable bonds is 8. The molecule has 0 amide bonds. The van der Waals surface area contributed by atoms with E-state index in [0.29, 0.717) is 11.9 Å². The van der Waals surface area contributed by atoms with Gasteiger partial charge in [-0.15, -0.1) is 16.4 Å². The van der Waals surface area contributed by atoms with E-state index in [-0.39, 0.29) is 12.1 Å². The van der Waals surface area contributed by atoms with E-state index in [1.54, 1.807) is 11.3 Å². The van der Waals surface area contributed by atoms with Crippen LogP contribution in [0.5, 0.6) is 0 Å². The van der Waals surface area contributed by atoms with Crippen LogP contribution in [0.15, 0.2) is 21.9 Å². The third-order valence-electron chi connectivity index (χ3n) is 3.10. The molecule has 0 aliphatic carbocycles. The molecular weight excluding hydrogens is 272 g/mol. The molecule has 0 bridgehead atoms. The molecular formula is C14H22N4OS. The van der Waals surface area contributed by atoms with Gasteiger partial charge in [0.25, 0.3) is 0 Å². The van der Waals surface area contributed by atoms with Crippen LogP contribution >= 0.6 is 11.3 Å². The van der Waals surface area contributed by atoms with E-state index < -0.39 is 0 Å². The molecule has 20 heavy (non-hydrogen) atoms. The first-order chi connectivity index (χ1) is 9.74. The predicted molar refractivity (Wildman–Crippen MR) is 82.0 cm³/mol. The molecule has 5 nitrogen and oxygen atoms in total. The highest BCUT2D eigenvalue weighted by molar-refractivity contribution is 7.10. The molecule has 2 rings (SSSR count). The van der Waals surface area contributed by atoms with E-state index in [1.165, 1.54) is 4.88 Å². The Morgan fingerprint density at radius 3 is 2.85 bits per heavy atom. The minimum Gasteiger partial charge on any atom is -0.406 e. The average molecular weight is 294 g/mol. The third kappa shape index (κ3) is 3.80. The molecule has 2 heterocycles. The highest BCUT2D eigenvalue weighted by Crippen LogP contribution is 2.26. The van der Waals surface area contributed by atoms with Crippen molar-refractivity contribution in [1.82, 2.24) is 15.5 Å². The molecule has 0 spiro atoms. The molecule has 0 aromatic carbocycles. The fourth-order valence-corrected chi connectivity index (χ4v) is 2.79. The van der Waals surface area contributed by atoms with Gasteiger partial charge in [0, 0.05) is 4.88 Å². The Bertz CT molecular complexity index is 497. The van der Waals surface area contributed by atoms with Crippen LogP contribution in [0, 0.1) is 0 Å². The molecule has 0 aliphatic rings. The van der Waals surface area contributed by atoms with E-state index in [2.05, 4.69) is 52.2 Å². The zero-order chi connectivity index (χ0) is 14.4. The number of hydrogen-bond acceptors (Lipinski definition) is 6. The summed E-state index contributed by atoms with van der Waals surface area (Å²) in [5.41, 5.74) is 0. The lowest BCUT2D eigenvalue weighted by Crippen LogP contribution is -2.19. The summed E-state index contributed by atoms with van der Waals surface area (Å²) in [4.78, 5) is 1.28. The van der Waals surface area contributed by atoms with Gasteiger partial charge < -0.3 is 15.1 Å². The standard InChI is InChI=1S/C14H22N4OS/c1-4-8-15-10(3)13-17-18-14(19-13)16-11(5-2)12-7-6-9-20-12/h6-7,9-11,15H,4-5,8H2,1-3H3,(H,16,18). The monoisotopic (exact) mass is 294 g/mol. The lowest BCUT2D eigenvalue weighted by molar-refractivity contribution is 0.421. The van der Waals surface area contributed by atoms with Crippen molar-refractivity contribution in [2.75, 3.05) is 11.9 Å². The third-order valence-corrected chi connectivity index (χ3v) is 4.09. The van der Waals surface area contributed by atoms with E-state index in [1.807, 2.05) is 6.92 Å². The molecule has 0 aliphatic heterocycles. The van der Waals surface area contributed by atoms with Crippen LogP contribution in [0.25, 0.3) is 0 Å². The van der Waals surface area contributed by atoms with Crippen molar-refractivity contribution in [3.8, 4) is 0 Å². The molecule has 2 N–H and O–H groups in total. The summed E-state index contributed by atoms with van der Waals surface area (Å²) in [5, 5.41) is 16.9. The Kier molecular flexibility index (Phi) is 5.55. The maximum Gasteiger partial charge on any atom is 0.316 e. The zero-order valence-electron chi connectivity index (χ0n) is 12.2. The number of nitrogens with one attached hydrogen (secondary N) is 2. The minimum absolute atomic E-state index is 0.0832. The van der Waals surface area contributed by atoms with Gasteiger partial charge in [-0.05, 0) is 37.8 Å². The Balaban J connectivity index is 1.98. The van der Waals surface area contributed by atoms with Crippen molar-refractivity contribution in [3.63, 3.8) is 0 Å². The van der Waals surface area contributed by atoms with Crippen LogP contribution in [0.3, 0.4) is 0 Å². The zero-order valence-corrected chi connectivity index (χ0v) is 13.0. The molecule has 2 aromatic rings. The largest absolute Gasteiger partial charge is 0.406 e. The first-order valence-corrected chi connectivity index (χ1v) is 7.99. The van der Waals surface area contributed by atoms with Crippen LogP contribution < -0.4 is 10.6 Å². The Morgan fingerprint density at radius 2 is 2.20 bits per heavy atom. The molecule has 0 saturated heterocycles. The molecule has 0 fully saturated rings. The van der Waals surface area contributed by atoms with E-state index in [0.717, 1.165) is 19.4 Å². The van der Waals surface area contributed by atoms with Crippen molar-refractivity contribution < 1.29 is 4.42 Å². The fourth-order valence-electron chi connectivity index (χ4n) is 1.93. The molecule has 0 radical (unpaired) electrons. The van der Waals surface area contributed by atoms with Crippen molar-refractivity contribution in [3.05, 3.63) is 28.3 Å². The van der Waals surface area contributed by atoms with Gasteiger partial charge in [0.05, 0.1) is 12.1 Å². The second kappa shape index (κ2) is 7.40. The van der Waals surface area contributed by atoms with E-state index in [4.69, 9.17) is 4.42 Å². The maximum atomic E-state index is 5.68. The van der Waals surface area contributed by atoms with Gasteiger partial charge in [-0.1, -0.05) is 25.0 Å². The number of nitrogens with zero attached hydrogens (tertiary/aromatic N) is 2. The summed E-state index contributed by atoms with van der Waals surface area (Å²) < 4.78 is 5.68. The van der Waals surface area contributed by atoms with Gasteiger partial charge in [0.2, 0.25) is 5.89 Å². The molecule has 2 atom stereocenters. The van der Waals surface area contributed by atoms with Crippen LogP contribution in [-0.4, -0.2) is 16.7 Å². The van der Waals surface area contributed by atoms with Gasteiger partial charge in [-0.2, -0.15) is 0 Å². The summed E-state index contributed by atoms with van der Waals surface area (Å²) in [5.74, 6) is 0.627. The molecule has 0 saturated carbocycles. The molecule has 6 heteroatoms. The van der Waals surface area contributed by atoms with Gasteiger partial charge in [0.15, 0.2) is 0 Å². The van der Waals surface area contributed by atoms with Crippen molar-refractivity contribution in [2.45, 2.75) is 45.7 Å². The highest BCUT2D eigenvalue weighted by Gasteiger charge is 2.16. The molecule has 110 valence electrons. The summed E-state index contributed by atoms with van der Waals surface area (Å²) in [6.45, 7) is 7.25. The topological polar surface area (TPSA) is 63.0 Å². The fraction of sp³-hybridized carbons (Fsp3) is 0.571. The Hall–Kier alpha value is -1.40. The lowest BCUT2D eigenvalue weighted by Gasteiger charge is -2.13. The smallest absolute Gasteiger partial charge is 0.316 e. The van der Waals surface area contributed by atoms with Crippen LogP contribution in [0.4, 0.5) is 6.01 Å². The first kappa shape index (κ1) is 15.0. The van der Waals surface area contributed by atoms with Gasteiger partial charge in [0.1, 0.15) is 0 Å². The Labute approximate surface area is 123 Å². The lowest BCUT2D eigenvalue weighted by atomic mass is 10.2. The van der Waals surface area contributed by atoms with Crippen molar-refractivity contribution in [2.24, 2.45) is 0 Å². The summed E-state index contributed by atoms with van der Waals surface area (Å²) in [6.07, 6.45) is 2.06. The number of aromatic nitrogens is 2.